The Morgan fingerprint density at radius 3 is 2.51 bits per heavy atom. The predicted molar refractivity (Wildman–Crippen MR) is 147 cm³/mol. The highest BCUT2D eigenvalue weighted by Crippen LogP contribution is 2.41. The Hall–Kier alpha value is -3.08. The number of amides is 1. The van der Waals surface area contributed by atoms with E-state index in [4.69, 9.17) is 11.6 Å². The molecule has 2 aromatic rings. The van der Waals surface area contributed by atoms with Crippen LogP contribution in [-0.2, 0) is 20.8 Å². The van der Waals surface area contributed by atoms with Crippen LogP contribution in [0.5, 0.6) is 0 Å². The normalized spacial score (nSPS) is 22.8. The van der Waals surface area contributed by atoms with Crippen molar-refractivity contribution in [3.05, 3.63) is 47.1 Å². The van der Waals surface area contributed by atoms with Crippen molar-refractivity contribution >= 4 is 38.9 Å². The van der Waals surface area contributed by atoms with Gasteiger partial charge < -0.3 is 20.0 Å². The molecule has 5 rings (SSSR count). The molecular formula is C27H30ClF3N6O3S. The summed E-state index contributed by atoms with van der Waals surface area (Å²) in [7, 11) is -4.17. The van der Waals surface area contributed by atoms with Crippen LogP contribution in [0, 0.1) is 11.3 Å². The Kier molecular flexibility index (Phi) is 7.86. The summed E-state index contributed by atoms with van der Waals surface area (Å²) in [5.74, 6) is -1.25. The lowest BCUT2D eigenvalue weighted by atomic mass is 10.1. The molecule has 1 aromatic carbocycles. The molecule has 0 unspecified atom stereocenters. The van der Waals surface area contributed by atoms with Crippen LogP contribution in [0.4, 0.5) is 24.7 Å². The number of likely N-dealkylation sites (N-methyl/N-ethyl adjacent to an activating group) is 1. The molecule has 41 heavy (non-hydrogen) atoms. The van der Waals surface area contributed by atoms with Gasteiger partial charge in [-0.05, 0) is 56.1 Å². The van der Waals surface area contributed by atoms with E-state index in [1.54, 1.807) is 12.1 Å². The fourth-order valence-corrected chi connectivity index (χ4v) is 7.72. The van der Waals surface area contributed by atoms with Crippen LogP contribution >= 0.6 is 11.6 Å². The largest absolute Gasteiger partial charge is 0.419 e. The van der Waals surface area contributed by atoms with E-state index in [1.807, 2.05) is 6.07 Å². The van der Waals surface area contributed by atoms with Gasteiger partial charge in [0, 0.05) is 44.6 Å². The van der Waals surface area contributed by atoms with E-state index in [2.05, 4.69) is 27.0 Å². The number of nitrogens with zero attached hydrogens (tertiary/aromatic N) is 5. The van der Waals surface area contributed by atoms with Crippen LogP contribution in [0.15, 0.2) is 41.4 Å². The standard InChI is InChI=1S/C27H30ClF3N6O3S/c1-2-35-10-12-36(13-11-35)18-5-6-23(21(28)14-18)41(39,40)19-15-22(25(38)34-26(17-32)7-8-26)37(16-19)24-20(27(29,30)31)4-3-9-33-24/h3-6,9,14,19,22H,2,7-8,10-13,15-16H2,1H3,(H,34,38)/t19-,22+/m1/s1. The molecule has 1 amide bonds. The summed E-state index contributed by atoms with van der Waals surface area (Å²) >= 11 is 6.51. The minimum absolute atomic E-state index is 0.00935. The molecule has 1 aromatic heterocycles. The number of nitrogens with one attached hydrogen (secondary N) is 1. The zero-order valence-electron chi connectivity index (χ0n) is 22.4. The molecule has 2 atom stereocenters. The number of piperazine rings is 1. The highest BCUT2D eigenvalue weighted by Gasteiger charge is 2.51. The second-order valence-electron chi connectivity index (χ2n) is 10.7. The molecule has 0 spiro atoms. The number of rotatable bonds is 7. The SMILES string of the molecule is CCN1CCN(c2ccc(S(=O)(=O)[C@@H]3C[C@@H](C(=O)NC4(C#N)CC4)N(c4ncccc4C(F)(F)F)C3)c(Cl)c2)CC1. The van der Waals surface area contributed by atoms with Gasteiger partial charge in [-0.15, -0.1) is 0 Å². The van der Waals surface area contributed by atoms with E-state index in [1.165, 1.54) is 6.07 Å². The molecule has 2 saturated heterocycles. The first-order valence-electron chi connectivity index (χ1n) is 13.4. The number of hydrogen-bond donors (Lipinski definition) is 1. The Labute approximate surface area is 241 Å². The molecule has 14 heteroatoms. The van der Waals surface area contributed by atoms with E-state index >= 15 is 0 Å². The molecule has 9 nitrogen and oxygen atoms in total. The van der Waals surface area contributed by atoms with Gasteiger partial charge in [0.25, 0.3) is 0 Å². The fourth-order valence-electron chi connectivity index (χ4n) is 5.48. The smallest absolute Gasteiger partial charge is 0.369 e. The molecule has 1 aliphatic carbocycles. The Bertz CT molecular complexity index is 1470. The summed E-state index contributed by atoms with van der Waals surface area (Å²) < 4.78 is 69.4. The van der Waals surface area contributed by atoms with Crippen LogP contribution in [0.1, 0.15) is 31.7 Å². The van der Waals surface area contributed by atoms with Crippen LogP contribution in [0.3, 0.4) is 0 Å². The first-order chi connectivity index (χ1) is 19.4. The Balaban J connectivity index is 1.44. The highest BCUT2D eigenvalue weighted by molar-refractivity contribution is 7.92. The molecule has 0 bridgehead atoms. The monoisotopic (exact) mass is 610 g/mol. The summed E-state index contributed by atoms with van der Waals surface area (Å²) in [5.41, 5.74) is -1.38. The number of pyridine rings is 1. The molecule has 3 aliphatic rings. The number of sulfone groups is 1. The lowest BCUT2D eigenvalue weighted by Gasteiger charge is -2.35. The maximum absolute atomic E-state index is 13.9. The van der Waals surface area contributed by atoms with E-state index in [9.17, 15) is 31.6 Å². The maximum Gasteiger partial charge on any atom is 0.419 e. The van der Waals surface area contributed by atoms with Crippen molar-refractivity contribution in [1.29, 1.82) is 5.26 Å². The number of alkyl halides is 3. The molecule has 2 aliphatic heterocycles. The van der Waals surface area contributed by atoms with Crippen LogP contribution in [0.25, 0.3) is 0 Å². The van der Waals surface area contributed by atoms with Crippen LogP contribution in [0.2, 0.25) is 5.02 Å². The molecule has 1 saturated carbocycles. The van der Waals surface area contributed by atoms with Gasteiger partial charge >= 0.3 is 6.18 Å². The topological polar surface area (TPSA) is 110 Å². The van der Waals surface area contributed by atoms with Gasteiger partial charge in [0.05, 0.1) is 26.8 Å². The molecule has 3 fully saturated rings. The number of hydrogen-bond acceptors (Lipinski definition) is 8. The average Bonchev–Trinajstić information content (AvgIpc) is 3.57. The lowest BCUT2D eigenvalue weighted by molar-refractivity contribution is -0.137. The van der Waals surface area contributed by atoms with Gasteiger partial charge in [-0.3, -0.25) is 4.79 Å². The van der Waals surface area contributed by atoms with Crippen molar-refractivity contribution < 1.29 is 26.4 Å². The predicted octanol–water partition coefficient (Wildman–Crippen LogP) is 3.49. The first kappa shape index (κ1) is 29.4. The summed E-state index contributed by atoms with van der Waals surface area (Å²) in [6, 6.07) is 7.40. The second-order valence-corrected chi connectivity index (χ2v) is 13.3. The number of anilines is 2. The van der Waals surface area contributed by atoms with Crippen molar-refractivity contribution in [2.24, 2.45) is 0 Å². The molecule has 220 valence electrons. The summed E-state index contributed by atoms with van der Waals surface area (Å²) in [5, 5.41) is 10.8. The van der Waals surface area contributed by atoms with E-state index in [0.29, 0.717) is 12.8 Å². The second kappa shape index (κ2) is 11.0. The highest BCUT2D eigenvalue weighted by atomic mass is 35.5. The van der Waals surface area contributed by atoms with Gasteiger partial charge in [-0.2, -0.15) is 18.4 Å². The van der Waals surface area contributed by atoms with Gasteiger partial charge in [0.1, 0.15) is 17.4 Å². The third-order valence-corrected chi connectivity index (χ3v) is 10.7. The Morgan fingerprint density at radius 1 is 1.22 bits per heavy atom. The zero-order chi connectivity index (χ0) is 29.6. The molecule has 1 N–H and O–H groups in total. The zero-order valence-corrected chi connectivity index (χ0v) is 23.9. The molecule has 3 heterocycles. The quantitative estimate of drug-likeness (QED) is 0.508. The van der Waals surface area contributed by atoms with Crippen LogP contribution < -0.4 is 15.1 Å². The number of halogens is 4. The summed E-state index contributed by atoms with van der Waals surface area (Å²) in [6.45, 7) is 5.91. The number of aromatic nitrogens is 1. The first-order valence-corrected chi connectivity index (χ1v) is 15.3. The van der Waals surface area contributed by atoms with E-state index in [-0.39, 0.29) is 16.3 Å². The number of benzene rings is 1. The van der Waals surface area contributed by atoms with Crippen molar-refractivity contribution in [1.82, 2.24) is 15.2 Å². The van der Waals surface area contributed by atoms with Crippen molar-refractivity contribution in [2.75, 3.05) is 49.1 Å². The number of nitriles is 1. The number of carbonyl (C=O) groups excluding carboxylic acids is 1. The van der Waals surface area contributed by atoms with Crippen molar-refractivity contribution in [3.8, 4) is 6.07 Å². The summed E-state index contributed by atoms with van der Waals surface area (Å²) in [4.78, 5) is 22.6. The summed E-state index contributed by atoms with van der Waals surface area (Å²) in [6.07, 6.45) is -3.09. The lowest BCUT2D eigenvalue weighted by Crippen LogP contribution is -2.48. The van der Waals surface area contributed by atoms with E-state index < -0.39 is 56.7 Å². The molecule has 0 radical (unpaired) electrons. The minimum atomic E-state index is -4.78. The third kappa shape index (κ3) is 5.82. The van der Waals surface area contributed by atoms with Gasteiger partial charge in [0.2, 0.25) is 5.91 Å². The maximum atomic E-state index is 13.9. The van der Waals surface area contributed by atoms with Gasteiger partial charge in [-0.1, -0.05) is 18.5 Å². The van der Waals surface area contributed by atoms with E-state index in [0.717, 1.165) is 61.6 Å². The molecular weight excluding hydrogens is 581 g/mol. The average molecular weight is 611 g/mol. The van der Waals surface area contributed by atoms with Gasteiger partial charge in [0.15, 0.2) is 9.84 Å². The van der Waals surface area contributed by atoms with Crippen molar-refractivity contribution in [3.63, 3.8) is 0 Å². The minimum Gasteiger partial charge on any atom is -0.369 e. The van der Waals surface area contributed by atoms with Crippen molar-refractivity contribution in [2.45, 2.75) is 54.1 Å². The van der Waals surface area contributed by atoms with Crippen LogP contribution in [-0.4, -0.2) is 80.3 Å². The Morgan fingerprint density at radius 2 is 1.93 bits per heavy atom. The van der Waals surface area contributed by atoms with Gasteiger partial charge in [-0.25, -0.2) is 13.4 Å². The number of carbonyl (C=O) groups is 1. The third-order valence-electron chi connectivity index (χ3n) is 8.10. The fraction of sp³-hybridized carbons (Fsp3) is 0.519.